The van der Waals surface area contributed by atoms with E-state index in [9.17, 15) is 0 Å². The Bertz CT molecular complexity index is 201. The summed E-state index contributed by atoms with van der Waals surface area (Å²) in [5, 5.41) is 0. The van der Waals surface area contributed by atoms with Crippen LogP contribution in [0.2, 0.25) is 0 Å². The van der Waals surface area contributed by atoms with E-state index >= 15 is 0 Å². The molecule has 0 saturated heterocycles. The van der Waals surface area contributed by atoms with Crippen LogP contribution < -0.4 is 5.73 Å². The molecule has 1 rings (SSSR count). The molecule has 0 aromatic carbocycles. The fraction of sp³-hybridized carbons (Fsp3) is 0.625. The Morgan fingerprint density at radius 3 is 3.17 bits per heavy atom. The van der Waals surface area contributed by atoms with Crippen LogP contribution in [-0.4, -0.2) is 24.2 Å². The van der Waals surface area contributed by atoms with E-state index in [2.05, 4.69) is 4.98 Å². The minimum Gasteiger partial charge on any atom is -0.380 e. The number of thiazole rings is 1. The number of nitrogens with zero attached hydrogens (tertiary/aromatic N) is 1. The van der Waals surface area contributed by atoms with Crippen molar-refractivity contribution in [3.8, 4) is 0 Å². The summed E-state index contributed by atoms with van der Waals surface area (Å²) in [6.45, 7) is 3.34. The molecule has 68 valence electrons. The van der Waals surface area contributed by atoms with Crippen molar-refractivity contribution in [2.24, 2.45) is 5.73 Å². The summed E-state index contributed by atoms with van der Waals surface area (Å²) >= 11 is 1.64. The third-order valence-corrected chi connectivity index (χ3v) is 2.28. The molecule has 4 heteroatoms. The lowest BCUT2D eigenvalue weighted by atomic mass is 10.2. The zero-order chi connectivity index (χ0) is 8.81. The van der Waals surface area contributed by atoms with E-state index in [0.29, 0.717) is 6.61 Å². The Hall–Kier alpha value is -0.450. The van der Waals surface area contributed by atoms with Gasteiger partial charge in [0.1, 0.15) is 0 Å². The Labute approximate surface area is 76.6 Å². The summed E-state index contributed by atoms with van der Waals surface area (Å²) in [7, 11) is 0. The summed E-state index contributed by atoms with van der Waals surface area (Å²) in [5.41, 5.74) is 7.63. The lowest BCUT2D eigenvalue weighted by Crippen LogP contribution is -2.28. The minimum absolute atomic E-state index is 0.102. The maximum atomic E-state index is 5.80. The van der Waals surface area contributed by atoms with Crippen LogP contribution >= 0.6 is 11.3 Å². The van der Waals surface area contributed by atoms with Gasteiger partial charge in [0, 0.05) is 30.1 Å². The Balaban J connectivity index is 2.22. The highest BCUT2D eigenvalue weighted by atomic mass is 32.1. The Kier molecular flexibility index (Phi) is 4.21. The third kappa shape index (κ3) is 3.30. The van der Waals surface area contributed by atoms with Gasteiger partial charge in [-0.25, -0.2) is 0 Å². The van der Waals surface area contributed by atoms with Crippen LogP contribution in [0.5, 0.6) is 0 Å². The van der Waals surface area contributed by atoms with Crippen molar-refractivity contribution in [3.63, 3.8) is 0 Å². The van der Waals surface area contributed by atoms with E-state index in [1.807, 2.05) is 18.6 Å². The molecule has 0 aliphatic heterocycles. The van der Waals surface area contributed by atoms with E-state index in [-0.39, 0.29) is 6.04 Å². The average Bonchev–Trinajstić information content (AvgIpc) is 2.53. The molecule has 12 heavy (non-hydrogen) atoms. The van der Waals surface area contributed by atoms with Crippen molar-refractivity contribution in [1.82, 2.24) is 4.98 Å². The van der Waals surface area contributed by atoms with Gasteiger partial charge in [0.05, 0.1) is 12.1 Å². The first-order chi connectivity index (χ1) is 5.83. The first-order valence-corrected chi connectivity index (χ1v) is 4.91. The third-order valence-electron chi connectivity index (χ3n) is 1.48. The summed E-state index contributed by atoms with van der Waals surface area (Å²) in [6.07, 6.45) is 2.72. The molecule has 1 heterocycles. The monoisotopic (exact) mass is 186 g/mol. The summed E-state index contributed by atoms with van der Waals surface area (Å²) < 4.78 is 5.20. The van der Waals surface area contributed by atoms with E-state index in [1.54, 1.807) is 11.3 Å². The summed E-state index contributed by atoms with van der Waals surface area (Å²) in [5.74, 6) is 0. The number of nitrogens with two attached hydrogens (primary N) is 1. The topological polar surface area (TPSA) is 48.1 Å². The van der Waals surface area contributed by atoms with Crippen LogP contribution in [0.15, 0.2) is 11.7 Å². The van der Waals surface area contributed by atoms with Crippen LogP contribution in [0.3, 0.4) is 0 Å². The lowest BCUT2D eigenvalue weighted by molar-refractivity contribution is 0.133. The lowest BCUT2D eigenvalue weighted by Gasteiger charge is -2.08. The van der Waals surface area contributed by atoms with E-state index in [4.69, 9.17) is 10.5 Å². The fourth-order valence-electron chi connectivity index (χ4n) is 0.929. The van der Waals surface area contributed by atoms with Crippen LogP contribution in [0.1, 0.15) is 11.8 Å². The summed E-state index contributed by atoms with van der Waals surface area (Å²) in [6, 6.07) is 0.102. The van der Waals surface area contributed by atoms with Gasteiger partial charge in [-0.1, -0.05) is 0 Å². The SMILES string of the molecule is CCOCC(N)Cc1cncs1. The molecule has 0 bridgehead atoms. The quantitative estimate of drug-likeness (QED) is 0.747. The van der Waals surface area contributed by atoms with Gasteiger partial charge in [-0.15, -0.1) is 11.3 Å². The molecule has 0 spiro atoms. The largest absolute Gasteiger partial charge is 0.380 e. The normalized spacial score (nSPS) is 13.2. The van der Waals surface area contributed by atoms with Crippen molar-refractivity contribution in [2.75, 3.05) is 13.2 Å². The van der Waals surface area contributed by atoms with Crippen LogP contribution in [0.25, 0.3) is 0 Å². The van der Waals surface area contributed by atoms with Gasteiger partial charge in [-0.2, -0.15) is 0 Å². The van der Waals surface area contributed by atoms with Crippen LogP contribution in [0, 0.1) is 0 Å². The molecule has 1 aromatic rings. The molecule has 1 atom stereocenters. The highest BCUT2D eigenvalue weighted by Gasteiger charge is 2.04. The molecule has 0 aliphatic carbocycles. The molecule has 1 unspecified atom stereocenters. The second-order valence-electron chi connectivity index (χ2n) is 2.59. The number of hydrogen-bond donors (Lipinski definition) is 1. The molecule has 0 fully saturated rings. The second-order valence-corrected chi connectivity index (χ2v) is 3.56. The van der Waals surface area contributed by atoms with Crippen molar-refractivity contribution in [3.05, 3.63) is 16.6 Å². The van der Waals surface area contributed by atoms with Gasteiger partial charge >= 0.3 is 0 Å². The molecule has 3 nitrogen and oxygen atoms in total. The molecule has 0 saturated carbocycles. The zero-order valence-electron chi connectivity index (χ0n) is 7.19. The zero-order valence-corrected chi connectivity index (χ0v) is 8.01. The highest BCUT2D eigenvalue weighted by Crippen LogP contribution is 2.07. The van der Waals surface area contributed by atoms with Crippen molar-refractivity contribution >= 4 is 11.3 Å². The highest BCUT2D eigenvalue weighted by molar-refractivity contribution is 7.09. The maximum Gasteiger partial charge on any atom is 0.0794 e. The van der Waals surface area contributed by atoms with E-state index in [1.165, 1.54) is 4.88 Å². The van der Waals surface area contributed by atoms with E-state index < -0.39 is 0 Å². The first kappa shape index (κ1) is 9.64. The molecular formula is C8H14N2OS. The van der Waals surface area contributed by atoms with E-state index in [0.717, 1.165) is 13.0 Å². The molecule has 1 aromatic heterocycles. The molecule has 0 radical (unpaired) electrons. The van der Waals surface area contributed by atoms with Crippen molar-refractivity contribution < 1.29 is 4.74 Å². The Morgan fingerprint density at radius 2 is 2.58 bits per heavy atom. The second kappa shape index (κ2) is 5.24. The predicted octanol–water partition coefficient (Wildman–Crippen LogP) is 1.05. The predicted molar refractivity (Wildman–Crippen MR) is 50.3 cm³/mol. The van der Waals surface area contributed by atoms with Gasteiger partial charge in [-0.05, 0) is 6.92 Å². The van der Waals surface area contributed by atoms with Gasteiger partial charge < -0.3 is 10.5 Å². The molecule has 2 N–H and O–H groups in total. The number of ether oxygens (including phenoxy) is 1. The van der Waals surface area contributed by atoms with Crippen molar-refractivity contribution in [1.29, 1.82) is 0 Å². The number of rotatable bonds is 5. The standard InChI is InChI=1S/C8H14N2OS/c1-2-11-5-7(9)3-8-4-10-6-12-8/h4,6-7H,2-3,5,9H2,1H3. The van der Waals surface area contributed by atoms with Crippen LogP contribution in [0.4, 0.5) is 0 Å². The maximum absolute atomic E-state index is 5.80. The fourth-order valence-corrected chi connectivity index (χ4v) is 1.62. The summed E-state index contributed by atoms with van der Waals surface area (Å²) in [4.78, 5) is 5.20. The smallest absolute Gasteiger partial charge is 0.0794 e. The van der Waals surface area contributed by atoms with Gasteiger partial charge in [-0.3, -0.25) is 4.98 Å². The molecular weight excluding hydrogens is 172 g/mol. The number of aromatic nitrogens is 1. The van der Waals surface area contributed by atoms with Gasteiger partial charge in [0.15, 0.2) is 0 Å². The Morgan fingerprint density at radius 1 is 1.75 bits per heavy atom. The average molecular weight is 186 g/mol. The molecule has 0 aliphatic rings. The minimum atomic E-state index is 0.102. The molecule has 0 amide bonds. The van der Waals surface area contributed by atoms with Gasteiger partial charge in [0.25, 0.3) is 0 Å². The first-order valence-electron chi connectivity index (χ1n) is 4.03. The van der Waals surface area contributed by atoms with Crippen molar-refractivity contribution in [2.45, 2.75) is 19.4 Å². The van der Waals surface area contributed by atoms with Crippen LogP contribution in [-0.2, 0) is 11.2 Å². The van der Waals surface area contributed by atoms with Gasteiger partial charge in [0.2, 0.25) is 0 Å². The number of hydrogen-bond acceptors (Lipinski definition) is 4.